The van der Waals surface area contributed by atoms with Crippen LogP contribution < -0.4 is 5.32 Å². The van der Waals surface area contributed by atoms with E-state index in [0.29, 0.717) is 12.0 Å². The van der Waals surface area contributed by atoms with Gasteiger partial charge in [-0.25, -0.2) is 4.39 Å². The van der Waals surface area contributed by atoms with Gasteiger partial charge in [-0.05, 0) is 38.6 Å². The molecular formula is C14H24FN3. The Balaban J connectivity index is 2.57. The maximum atomic E-state index is 13.1. The highest BCUT2D eigenvalue weighted by Crippen LogP contribution is 2.13. The fourth-order valence-corrected chi connectivity index (χ4v) is 2.10. The van der Waals surface area contributed by atoms with Crippen molar-refractivity contribution in [1.82, 2.24) is 15.2 Å². The highest BCUT2D eigenvalue weighted by Gasteiger charge is 2.17. The Labute approximate surface area is 109 Å². The van der Waals surface area contributed by atoms with Crippen LogP contribution in [-0.4, -0.2) is 36.6 Å². The maximum Gasteiger partial charge on any atom is 0.141 e. The van der Waals surface area contributed by atoms with E-state index in [4.69, 9.17) is 0 Å². The standard InChI is InChI=1S/C14H24FN3/c1-10(2)14(18(4)5)9-17-11(3)12-6-13(15)8-16-7-12/h6-8,10-11,14,17H,9H2,1-5H3. The van der Waals surface area contributed by atoms with Crippen molar-refractivity contribution in [3.8, 4) is 0 Å². The second-order valence-electron chi connectivity index (χ2n) is 5.34. The van der Waals surface area contributed by atoms with Crippen LogP contribution in [0.3, 0.4) is 0 Å². The molecule has 0 amide bonds. The van der Waals surface area contributed by atoms with Crippen LogP contribution in [0.15, 0.2) is 18.5 Å². The third-order valence-corrected chi connectivity index (χ3v) is 3.29. The zero-order valence-corrected chi connectivity index (χ0v) is 11.9. The van der Waals surface area contributed by atoms with Gasteiger partial charge in [0.2, 0.25) is 0 Å². The van der Waals surface area contributed by atoms with E-state index in [2.05, 4.69) is 43.1 Å². The van der Waals surface area contributed by atoms with E-state index in [1.807, 2.05) is 6.92 Å². The van der Waals surface area contributed by atoms with E-state index in [9.17, 15) is 4.39 Å². The minimum atomic E-state index is -0.283. The van der Waals surface area contributed by atoms with Crippen molar-refractivity contribution in [2.24, 2.45) is 5.92 Å². The summed E-state index contributed by atoms with van der Waals surface area (Å²) in [5.74, 6) is 0.291. The second-order valence-corrected chi connectivity index (χ2v) is 5.34. The lowest BCUT2D eigenvalue weighted by atomic mass is 10.0. The number of hydrogen-bond donors (Lipinski definition) is 1. The van der Waals surface area contributed by atoms with Gasteiger partial charge in [0.1, 0.15) is 5.82 Å². The van der Waals surface area contributed by atoms with Crippen LogP contribution in [0.25, 0.3) is 0 Å². The maximum absolute atomic E-state index is 13.1. The van der Waals surface area contributed by atoms with E-state index < -0.39 is 0 Å². The molecule has 0 aliphatic rings. The van der Waals surface area contributed by atoms with Crippen molar-refractivity contribution in [3.63, 3.8) is 0 Å². The van der Waals surface area contributed by atoms with Crippen LogP contribution in [0.1, 0.15) is 32.4 Å². The van der Waals surface area contributed by atoms with Crippen molar-refractivity contribution in [1.29, 1.82) is 0 Å². The Hall–Kier alpha value is -1.00. The minimum Gasteiger partial charge on any atom is -0.309 e. The summed E-state index contributed by atoms with van der Waals surface area (Å²) in [6.45, 7) is 7.33. The smallest absolute Gasteiger partial charge is 0.141 e. The molecule has 0 spiro atoms. The summed E-state index contributed by atoms with van der Waals surface area (Å²) in [6, 6.07) is 2.11. The molecule has 0 aliphatic heterocycles. The second kappa shape index (κ2) is 6.81. The summed E-state index contributed by atoms with van der Waals surface area (Å²) in [5.41, 5.74) is 0.885. The molecule has 3 nitrogen and oxygen atoms in total. The molecule has 1 heterocycles. The number of aromatic nitrogens is 1. The summed E-state index contributed by atoms with van der Waals surface area (Å²) in [7, 11) is 4.17. The molecule has 0 radical (unpaired) electrons. The summed E-state index contributed by atoms with van der Waals surface area (Å²) in [4.78, 5) is 6.09. The lowest BCUT2D eigenvalue weighted by Gasteiger charge is -2.29. The molecule has 0 saturated heterocycles. The average Bonchev–Trinajstić information content (AvgIpc) is 2.28. The molecular weight excluding hydrogens is 229 g/mol. The number of nitrogens with zero attached hydrogens (tertiary/aromatic N) is 2. The van der Waals surface area contributed by atoms with Crippen molar-refractivity contribution in [2.75, 3.05) is 20.6 Å². The minimum absolute atomic E-state index is 0.106. The molecule has 0 fully saturated rings. The topological polar surface area (TPSA) is 28.2 Å². The van der Waals surface area contributed by atoms with Gasteiger partial charge in [-0.1, -0.05) is 13.8 Å². The molecule has 1 N–H and O–H groups in total. The number of hydrogen-bond acceptors (Lipinski definition) is 3. The van der Waals surface area contributed by atoms with Gasteiger partial charge in [-0.15, -0.1) is 0 Å². The largest absolute Gasteiger partial charge is 0.309 e. The van der Waals surface area contributed by atoms with Crippen LogP contribution in [-0.2, 0) is 0 Å². The normalized spacial score (nSPS) is 15.1. The van der Waals surface area contributed by atoms with Crippen LogP contribution in [0.2, 0.25) is 0 Å². The fraction of sp³-hybridized carbons (Fsp3) is 0.643. The molecule has 4 heteroatoms. The quantitative estimate of drug-likeness (QED) is 0.844. The zero-order valence-electron chi connectivity index (χ0n) is 11.9. The SMILES string of the molecule is CC(NCC(C(C)C)N(C)C)c1cncc(F)c1. The van der Waals surface area contributed by atoms with Crippen LogP contribution in [0.4, 0.5) is 4.39 Å². The predicted molar refractivity (Wildman–Crippen MR) is 72.9 cm³/mol. The molecule has 1 rings (SSSR count). The molecule has 1 aromatic rings. The van der Waals surface area contributed by atoms with Gasteiger partial charge in [-0.2, -0.15) is 0 Å². The Morgan fingerprint density at radius 2 is 1.94 bits per heavy atom. The molecule has 2 atom stereocenters. The predicted octanol–water partition coefficient (Wildman–Crippen LogP) is 2.46. The summed E-state index contributed by atoms with van der Waals surface area (Å²) >= 11 is 0. The third-order valence-electron chi connectivity index (χ3n) is 3.29. The summed E-state index contributed by atoms with van der Waals surface area (Å²) < 4.78 is 13.1. The molecule has 1 aromatic heterocycles. The van der Waals surface area contributed by atoms with Crippen LogP contribution in [0, 0.1) is 11.7 Å². The monoisotopic (exact) mass is 253 g/mol. The van der Waals surface area contributed by atoms with E-state index in [-0.39, 0.29) is 11.9 Å². The zero-order chi connectivity index (χ0) is 13.7. The highest BCUT2D eigenvalue weighted by atomic mass is 19.1. The number of rotatable bonds is 6. The Bertz CT molecular complexity index is 358. The van der Waals surface area contributed by atoms with Crippen LogP contribution in [0.5, 0.6) is 0 Å². The van der Waals surface area contributed by atoms with E-state index in [1.54, 1.807) is 6.20 Å². The lowest BCUT2D eigenvalue weighted by Crippen LogP contribution is -2.42. The van der Waals surface area contributed by atoms with E-state index in [1.165, 1.54) is 12.3 Å². The number of nitrogens with one attached hydrogen (secondary N) is 1. The van der Waals surface area contributed by atoms with Crippen molar-refractivity contribution < 1.29 is 4.39 Å². The number of halogens is 1. The number of likely N-dealkylation sites (N-methyl/N-ethyl adjacent to an activating group) is 1. The molecule has 2 unspecified atom stereocenters. The first-order valence-electron chi connectivity index (χ1n) is 6.42. The molecule has 0 bridgehead atoms. The van der Waals surface area contributed by atoms with Gasteiger partial charge in [0.25, 0.3) is 0 Å². The average molecular weight is 253 g/mol. The Morgan fingerprint density at radius 3 is 2.44 bits per heavy atom. The first-order valence-corrected chi connectivity index (χ1v) is 6.42. The van der Waals surface area contributed by atoms with Crippen molar-refractivity contribution in [3.05, 3.63) is 29.8 Å². The van der Waals surface area contributed by atoms with Gasteiger partial charge in [0.15, 0.2) is 0 Å². The highest BCUT2D eigenvalue weighted by molar-refractivity contribution is 5.14. The van der Waals surface area contributed by atoms with Gasteiger partial charge >= 0.3 is 0 Å². The summed E-state index contributed by atoms with van der Waals surface area (Å²) in [5, 5.41) is 3.44. The van der Waals surface area contributed by atoms with E-state index in [0.717, 1.165) is 12.1 Å². The fourth-order valence-electron chi connectivity index (χ4n) is 2.10. The van der Waals surface area contributed by atoms with Crippen molar-refractivity contribution >= 4 is 0 Å². The first kappa shape index (κ1) is 15.1. The van der Waals surface area contributed by atoms with Crippen LogP contribution >= 0.6 is 0 Å². The Kier molecular flexibility index (Phi) is 5.69. The first-order chi connectivity index (χ1) is 8.41. The Morgan fingerprint density at radius 1 is 1.28 bits per heavy atom. The lowest BCUT2D eigenvalue weighted by molar-refractivity contribution is 0.220. The van der Waals surface area contributed by atoms with Crippen molar-refractivity contribution in [2.45, 2.75) is 32.9 Å². The van der Waals surface area contributed by atoms with Gasteiger partial charge in [0, 0.05) is 24.8 Å². The molecule has 102 valence electrons. The molecule has 0 aromatic carbocycles. The van der Waals surface area contributed by atoms with Gasteiger partial charge in [0.05, 0.1) is 6.20 Å². The molecule has 18 heavy (non-hydrogen) atoms. The number of pyridine rings is 1. The van der Waals surface area contributed by atoms with Gasteiger partial charge < -0.3 is 10.2 Å². The summed E-state index contributed by atoms with van der Waals surface area (Å²) in [6.07, 6.45) is 2.94. The third kappa shape index (κ3) is 4.35. The molecule has 0 aliphatic carbocycles. The van der Waals surface area contributed by atoms with E-state index >= 15 is 0 Å². The van der Waals surface area contributed by atoms with Gasteiger partial charge in [-0.3, -0.25) is 4.98 Å². The molecule has 0 saturated carbocycles.